The van der Waals surface area contributed by atoms with Gasteiger partial charge in [-0.3, -0.25) is 0 Å². The lowest BCUT2D eigenvalue weighted by Gasteiger charge is -2.39. The molecule has 0 aliphatic carbocycles. The van der Waals surface area contributed by atoms with Crippen LogP contribution in [0.2, 0.25) is 0 Å². The van der Waals surface area contributed by atoms with E-state index in [2.05, 4.69) is 4.98 Å². The standard InChI is InChI=1S/C30H32N2O6S/c1-20-16-30(33,17-21(2)37-20)25-10-6-7-22(15-25)18-36-19-27-32-28(23-8-4-3-5-9-23)29(38-27)24-11-13-26(14-12-24)39(31,34)35/h3-15,20-21,33H,16-19H2,1-2H3,(H2,31,34,35). The number of rotatable bonds is 8. The highest BCUT2D eigenvalue weighted by Gasteiger charge is 2.38. The van der Waals surface area contributed by atoms with Crippen molar-refractivity contribution in [2.75, 3.05) is 0 Å². The molecule has 2 atom stereocenters. The Morgan fingerprint density at radius 2 is 1.64 bits per heavy atom. The minimum Gasteiger partial charge on any atom is -0.437 e. The van der Waals surface area contributed by atoms with E-state index in [1.807, 2.05) is 68.4 Å². The SMILES string of the molecule is CC1CC(O)(c2cccc(COCc3nc(-c4ccccc4)c(-c4ccc(S(N)(=O)=O)cc4)o3)c2)CC(C)O1. The van der Waals surface area contributed by atoms with E-state index < -0.39 is 15.6 Å². The van der Waals surface area contributed by atoms with Gasteiger partial charge >= 0.3 is 0 Å². The second-order valence-electron chi connectivity index (χ2n) is 10.1. The summed E-state index contributed by atoms with van der Waals surface area (Å²) < 4.78 is 41.2. The molecule has 2 unspecified atom stereocenters. The Morgan fingerprint density at radius 3 is 2.31 bits per heavy atom. The third kappa shape index (κ3) is 6.29. The molecule has 1 aliphatic heterocycles. The van der Waals surface area contributed by atoms with Crippen LogP contribution in [-0.2, 0) is 38.3 Å². The van der Waals surface area contributed by atoms with E-state index in [9.17, 15) is 13.5 Å². The monoisotopic (exact) mass is 548 g/mol. The summed E-state index contributed by atoms with van der Waals surface area (Å²) in [4.78, 5) is 4.71. The van der Waals surface area contributed by atoms with Gasteiger partial charge in [0.05, 0.1) is 29.3 Å². The number of aliphatic hydroxyl groups is 1. The molecule has 0 radical (unpaired) electrons. The number of sulfonamides is 1. The number of oxazole rings is 1. The zero-order valence-corrected chi connectivity index (χ0v) is 22.7. The maximum atomic E-state index is 11.7. The first-order valence-corrected chi connectivity index (χ1v) is 14.4. The molecule has 1 aliphatic rings. The lowest BCUT2D eigenvalue weighted by molar-refractivity contribution is -0.135. The van der Waals surface area contributed by atoms with Gasteiger partial charge < -0.3 is 19.0 Å². The largest absolute Gasteiger partial charge is 0.437 e. The van der Waals surface area contributed by atoms with Crippen molar-refractivity contribution >= 4 is 10.0 Å². The van der Waals surface area contributed by atoms with Gasteiger partial charge in [-0.05, 0) is 49.2 Å². The van der Waals surface area contributed by atoms with Gasteiger partial charge in [-0.2, -0.15) is 0 Å². The third-order valence-corrected chi connectivity index (χ3v) is 7.77. The number of nitrogens with zero attached hydrogens (tertiary/aromatic N) is 1. The lowest BCUT2D eigenvalue weighted by Crippen LogP contribution is -2.41. The van der Waals surface area contributed by atoms with E-state index in [4.69, 9.17) is 19.0 Å². The molecule has 3 aromatic carbocycles. The first-order valence-electron chi connectivity index (χ1n) is 12.8. The number of benzene rings is 3. The summed E-state index contributed by atoms with van der Waals surface area (Å²) in [5, 5.41) is 16.6. The Bertz CT molecular complexity index is 1520. The Labute approximate surface area is 228 Å². The number of ether oxygens (including phenoxy) is 2. The number of hydrogen-bond acceptors (Lipinski definition) is 7. The van der Waals surface area contributed by atoms with Crippen molar-refractivity contribution < 1.29 is 27.4 Å². The molecule has 1 fully saturated rings. The van der Waals surface area contributed by atoms with E-state index in [0.29, 0.717) is 42.4 Å². The first kappa shape index (κ1) is 27.2. The van der Waals surface area contributed by atoms with Gasteiger partial charge in [0, 0.05) is 24.0 Å². The molecule has 0 saturated carbocycles. The molecule has 0 spiro atoms. The maximum absolute atomic E-state index is 11.7. The maximum Gasteiger partial charge on any atom is 0.238 e. The molecule has 8 nitrogen and oxygen atoms in total. The minimum absolute atomic E-state index is 0.0205. The van der Waals surface area contributed by atoms with Gasteiger partial charge in [0.25, 0.3) is 0 Å². The minimum atomic E-state index is -3.81. The van der Waals surface area contributed by atoms with Gasteiger partial charge in [-0.15, -0.1) is 0 Å². The lowest BCUT2D eigenvalue weighted by atomic mass is 9.81. The van der Waals surface area contributed by atoms with Crippen LogP contribution in [0, 0.1) is 0 Å². The molecule has 4 aromatic rings. The number of hydrogen-bond donors (Lipinski definition) is 2. The van der Waals surface area contributed by atoms with Crippen LogP contribution in [-0.4, -0.2) is 30.7 Å². The van der Waals surface area contributed by atoms with Gasteiger partial charge in [-0.1, -0.05) is 54.6 Å². The normalized spacial score (nSPS) is 21.6. The summed E-state index contributed by atoms with van der Waals surface area (Å²) >= 11 is 0. The van der Waals surface area contributed by atoms with E-state index in [0.717, 1.165) is 16.7 Å². The van der Waals surface area contributed by atoms with Gasteiger partial charge in [0.15, 0.2) is 5.76 Å². The Morgan fingerprint density at radius 1 is 0.949 bits per heavy atom. The Balaban J connectivity index is 1.34. The van der Waals surface area contributed by atoms with Crippen LogP contribution < -0.4 is 5.14 Å². The molecular weight excluding hydrogens is 516 g/mol. The summed E-state index contributed by atoms with van der Waals surface area (Å²) in [6.07, 6.45) is 1.04. The van der Waals surface area contributed by atoms with Crippen molar-refractivity contribution in [1.29, 1.82) is 0 Å². The van der Waals surface area contributed by atoms with Crippen LogP contribution in [0.25, 0.3) is 22.6 Å². The van der Waals surface area contributed by atoms with Gasteiger partial charge in [0.2, 0.25) is 15.9 Å². The first-order chi connectivity index (χ1) is 18.6. The highest BCUT2D eigenvalue weighted by atomic mass is 32.2. The van der Waals surface area contributed by atoms with Crippen LogP contribution in [0.4, 0.5) is 0 Å². The molecule has 0 amide bonds. The van der Waals surface area contributed by atoms with E-state index >= 15 is 0 Å². The predicted octanol–water partition coefficient (Wildman–Crippen LogP) is 5.15. The van der Waals surface area contributed by atoms with Crippen LogP contribution >= 0.6 is 0 Å². The molecular formula is C30H32N2O6S. The molecule has 0 bridgehead atoms. The van der Waals surface area contributed by atoms with Crippen LogP contribution in [0.1, 0.15) is 43.7 Å². The second-order valence-corrected chi connectivity index (χ2v) is 11.7. The third-order valence-electron chi connectivity index (χ3n) is 6.84. The summed E-state index contributed by atoms with van der Waals surface area (Å²) in [6, 6.07) is 23.6. The second kappa shape index (κ2) is 11.0. The molecule has 3 N–H and O–H groups in total. The van der Waals surface area contributed by atoms with Crippen LogP contribution in [0.15, 0.2) is 88.2 Å². The van der Waals surface area contributed by atoms with Crippen molar-refractivity contribution in [1.82, 2.24) is 4.98 Å². The Kier molecular flexibility index (Phi) is 7.70. The zero-order chi connectivity index (χ0) is 27.6. The summed E-state index contributed by atoms with van der Waals surface area (Å²) in [6.45, 7) is 4.41. The van der Waals surface area contributed by atoms with Crippen molar-refractivity contribution in [2.45, 2.75) is 62.6 Å². The molecule has 5 rings (SSSR count). The van der Waals surface area contributed by atoms with Crippen molar-refractivity contribution in [3.8, 4) is 22.6 Å². The topological polar surface area (TPSA) is 125 Å². The van der Waals surface area contributed by atoms with Crippen molar-refractivity contribution in [3.05, 3.63) is 95.9 Å². The van der Waals surface area contributed by atoms with E-state index in [-0.39, 0.29) is 23.7 Å². The van der Waals surface area contributed by atoms with Gasteiger partial charge in [0.1, 0.15) is 12.3 Å². The van der Waals surface area contributed by atoms with Crippen LogP contribution in [0.5, 0.6) is 0 Å². The quantitative estimate of drug-likeness (QED) is 0.312. The summed E-state index contributed by atoms with van der Waals surface area (Å²) in [5.74, 6) is 0.897. The number of primary sulfonamides is 1. The molecule has 2 heterocycles. The summed E-state index contributed by atoms with van der Waals surface area (Å²) in [5.41, 5.74) is 3.01. The molecule has 204 valence electrons. The number of aromatic nitrogens is 1. The average molecular weight is 549 g/mol. The molecule has 9 heteroatoms. The summed E-state index contributed by atoms with van der Waals surface area (Å²) in [7, 11) is -3.81. The fraction of sp³-hybridized carbons (Fsp3) is 0.300. The highest BCUT2D eigenvalue weighted by Crippen LogP contribution is 2.38. The predicted molar refractivity (Wildman–Crippen MR) is 147 cm³/mol. The highest BCUT2D eigenvalue weighted by molar-refractivity contribution is 7.89. The molecule has 39 heavy (non-hydrogen) atoms. The molecule has 1 aromatic heterocycles. The van der Waals surface area contributed by atoms with Gasteiger partial charge in [-0.25, -0.2) is 18.5 Å². The molecule has 1 saturated heterocycles. The zero-order valence-electron chi connectivity index (χ0n) is 21.9. The average Bonchev–Trinajstić information content (AvgIpc) is 3.32. The van der Waals surface area contributed by atoms with Crippen molar-refractivity contribution in [2.24, 2.45) is 5.14 Å². The van der Waals surface area contributed by atoms with E-state index in [1.54, 1.807) is 12.1 Å². The van der Waals surface area contributed by atoms with Crippen molar-refractivity contribution in [3.63, 3.8) is 0 Å². The Hall–Kier alpha value is -3.34. The smallest absolute Gasteiger partial charge is 0.238 e. The fourth-order valence-corrected chi connectivity index (χ4v) is 5.69. The fourth-order valence-electron chi connectivity index (χ4n) is 5.18. The van der Waals surface area contributed by atoms with E-state index in [1.165, 1.54) is 12.1 Å². The number of nitrogens with two attached hydrogens (primary N) is 1. The van der Waals surface area contributed by atoms with Crippen LogP contribution in [0.3, 0.4) is 0 Å².